The fraction of sp³-hybridized carbons (Fsp3) is 0.250. The molecule has 1 aliphatic rings. The summed E-state index contributed by atoms with van der Waals surface area (Å²) >= 11 is 0. The zero-order valence-corrected chi connectivity index (χ0v) is 11.7. The van der Waals surface area contributed by atoms with Crippen LogP contribution in [0.15, 0.2) is 42.7 Å². The van der Waals surface area contributed by atoms with Crippen LogP contribution in [0.25, 0.3) is 0 Å². The van der Waals surface area contributed by atoms with Gasteiger partial charge in [-0.05, 0) is 30.3 Å². The minimum Gasteiger partial charge on any atom is -0.396 e. The number of aromatic nitrogens is 1. The average molecular weight is 279 g/mol. The Bertz CT molecular complexity index is 651. The van der Waals surface area contributed by atoms with Crippen LogP contribution in [-0.2, 0) is 0 Å². The Kier molecular flexibility index (Phi) is 3.61. The molecule has 0 saturated carbocycles. The van der Waals surface area contributed by atoms with Crippen molar-refractivity contribution >= 4 is 17.1 Å². The molecule has 1 fully saturated rings. The van der Waals surface area contributed by atoms with Gasteiger partial charge in [-0.25, -0.2) is 0 Å². The number of anilines is 3. The highest BCUT2D eigenvalue weighted by Gasteiger charge is 2.18. The Morgan fingerprint density at radius 3 is 2.29 bits per heavy atom. The molecule has 5 heteroatoms. The standard InChI is InChI=1S/C16H17N5/c17-11-13-1-3-14(4-2-13)20-7-9-21(10-8-20)16-5-6-19-12-15(16)18/h1-6,12H,7-10,18H2. The van der Waals surface area contributed by atoms with Gasteiger partial charge in [0, 0.05) is 38.1 Å². The van der Waals surface area contributed by atoms with E-state index in [1.807, 2.05) is 30.3 Å². The molecule has 1 saturated heterocycles. The number of benzene rings is 1. The van der Waals surface area contributed by atoms with Crippen LogP contribution in [-0.4, -0.2) is 31.2 Å². The van der Waals surface area contributed by atoms with Crippen molar-refractivity contribution in [1.29, 1.82) is 5.26 Å². The van der Waals surface area contributed by atoms with Gasteiger partial charge in [-0.2, -0.15) is 5.26 Å². The monoisotopic (exact) mass is 279 g/mol. The number of hydrogen-bond acceptors (Lipinski definition) is 5. The molecule has 2 N–H and O–H groups in total. The first kappa shape index (κ1) is 13.3. The van der Waals surface area contributed by atoms with Crippen LogP contribution in [0.2, 0.25) is 0 Å². The molecule has 2 aromatic rings. The molecule has 1 aromatic heterocycles. The summed E-state index contributed by atoms with van der Waals surface area (Å²) in [7, 11) is 0. The van der Waals surface area contributed by atoms with Gasteiger partial charge in [-0.15, -0.1) is 0 Å². The van der Waals surface area contributed by atoms with Gasteiger partial charge in [-0.1, -0.05) is 0 Å². The molecule has 2 heterocycles. The summed E-state index contributed by atoms with van der Waals surface area (Å²) in [5.41, 5.74) is 9.63. The van der Waals surface area contributed by atoms with E-state index in [9.17, 15) is 0 Å². The molecule has 0 amide bonds. The van der Waals surface area contributed by atoms with Gasteiger partial charge in [0.05, 0.1) is 29.2 Å². The van der Waals surface area contributed by atoms with Gasteiger partial charge in [0.1, 0.15) is 0 Å². The van der Waals surface area contributed by atoms with Crippen LogP contribution in [0.4, 0.5) is 17.1 Å². The predicted molar refractivity (Wildman–Crippen MR) is 84.2 cm³/mol. The van der Waals surface area contributed by atoms with E-state index in [1.54, 1.807) is 12.4 Å². The van der Waals surface area contributed by atoms with Gasteiger partial charge in [0.25, 0.3) is 0 Å². The SMILES string of the molecule is N#Cc1ccc(N2CCN(c3ccncc3N)CC2)cc1. The quantitative estimate of drug-likeness (QED) is 0.908. The molecular weight excluding hydrogens is 262 g/mol. The summed E-state index contributed by atoms with van der Waals surface area (Å²) in [6, 6.07) is 11.9. The lowest BCUT2D eigenvalue weighted by Gasteiger charge is -2.37. The van der Waals surface area contributed by atoms with E-state index in [0.29, 0.717) is 5.56 Å². The minimum atomic E-state index is 0.696. The summed E-state index contributed by atoms with van der Waals surface area (Å²) in [4.78, 5) is 8.65. The molecule has 0 bridgehead atoms. The molecule has 21 heavy (non-hydrogen) atoms. The second kappa shape index (κ2) is 5.71. The van der Waals surface area contributed by atoms with Crippen LogP contribution >= 0.6 is 0 Å². The largest absolute Gasteiger partial charge is 0.396 e. The third-order valence-electron chi connectivity index (χ3n) is 3.81. The number of nitriles is 1. The molecule has 0 radical (unpaired) electrons. The Labute approximate surface area is 124 Å². The van der Waals surface area contributed by atoms with Crippen molar-refractivity contribution in [2.45, 2.75) is 0 Å². The first-order valence-electron chi connectivity index (χ1n) is 6.97. The predicted octanol–water partition coefficient (Wildman–Crippen LogP) is 1.86. The van der Waals surface area contributed by atoms with E-state index in [2.05, 4.69) is 20.9 Å². The summed E-state index contributed by atoms with van der Waals surface area (Å²) in [6.45, 7) is 3.73. The van der Waals surface area contributed by atoms with Gasteiger partial charge in [0.2, 0.25) is 0 Å². The van der Waals surface area contributed by atoms with Crippen molar-refractivity contribution in [2.75, 3.05) is 41.7 Å². The Balaban J connectivity index is 1.67. The number of nitrogen functional groups attached to an aromatic ring is 1. The minimum absolute atomic E-state index is 0.696. The van der Waals surface area contributed by atoms with Crippen LogP contribution < -0.4 is 15.5 Å². The summed E-state index contributed by atoms with van der Waals surface area (Å²) in [5.74, 6) is 0. The highest BCUT2D eigenvalue weighted by molar-refractivity contribution is 5.66. The normalized spacial score (nSPS) is 14.8. The van der Waals surface area contributed by atoms with E-state index in [-0.39, 0.29) is 0 Å². The molecule has 3 rings (SSSR count). The smallest absolute Gasteiger partial charge is 0.0991 e. The van der Waals surface area contributed by atoms with Crippen molar-refractivity contribution in [2.24, 2.45) is 0 Å². The van der Waals surface area contributed by atoms with Crippen molar-refractivity contribution in [3.05, 3.63) is 48.3 Å². The highest BCUT2D eigenvalue weighted by atomic mass is 15.3. The topological polar surface area (TPSA) is 69.2 Å². The molecular formula is C16H17N5. The van der Waals surface area contributed by atoms with Gasteiger partial charge in [-0.3, -0.25) is 4.98 Å². The van der Waals surface area contributed by atoms with E-state index in [4.69, 9.17) is 11.0 Å². The molecule has 0 atom stereocenters. The van der Waals surface area contributed by atoms with Crippen molar-refractivity contribution in [3.8, 4) is 6.07 Å². The zero-order valence-electron chi connectivity index (χ0n) is 11.7. The first-order valence-corrected chi connectivity index (χ1v) is 6.97. The van der Waals surface area contributed by atoms with Gasteiger partial charge < -0.3 is 15.5 Å². The van der Waals surface area contributed by atoms with Crippen molar-refractivity contribution < 1.29 is 0 Å². The number of hydrogen-bond donors (Lipinski definition) is 1. The second-order valence-electron chi connectivity index (χ2n) is 5.07. The lowest BCUT2D eigenvalue weighted by Crippen LogP contribution is -2.46. The second-order valence-corrected chi connectivity index (χ2v) is 5.07. The molecule has 1 aliphatic heterocycles. The van der Waals surface area contributed by atoms with Crippen LogP contribution in [0.5, 0.6) is 0 Å². The third kappa shape index (κ3) is 2.75. The first-order chi connectivity index (χ1) is 10.3. The van der Waals surface area contributed by atoms with E-state index in [0.717, 1.165) is 43.2 Å². The fourth-order valence-electron chi connectivity index (χ4n) is 2.64. The van der Waals surface area contributed by atoms with E-state index >= 15 is 0 Å². The van der Waals surface area contributed by atoms with E-state index in [1.165, 1.54) is 0 Å². The lowest BCUT2D eigenvalue weighted by molar-refractivity contribution is 0.654. The van der Waals surface area contributed by atoms with Gasteiger partial charge >= 0.3 is 0 Å². The highest BCUT2D eigenvalue weighted by Crippen LogP contribution is 2.24. The van der Waals surface area contributed by atoms with E-state index < -0.39 is 0 Å². The maximum absolute atomic E-state index is 8.84. The summed E-state index contributed by atoms with van der Waals surface area (Å²) < 4.78 is 0. The maximum atomic E-state index is 8.84. The van der Waals surface area contributed by atoms with Crippen LogP contribution in [0.3, 0.4) is 0 Å². The molecule has 1 aromatic carbocycles. The number of rotatable bonds is 2. The average Bonchev–Trinajstić information content (AvgIpc) is 2.56. The van der Waals surface area contributed by atoms with Crippen LogP contribution in [0, 0.1) is 11.3 Å². The fourth-order valence-corrected chi connectivity index (χ4v) is 2.64. The number of nitrogens with zero attached hydrogens (tertiary/aromatic N) is 4. The number of pyridine rings is 1. The molecule has 5 nitrogen and oxygen atoms in total. The number of nitrogens with two attached hydrogens (primary N) is 1. The molecule has 0 aliphatic carbocycles. The third-order valence-corrected chi connectivity index (χ3v) is 3.81. The Hall–Kier alpha value is -2.74. The zero-order chi connectivity index (χ0) is 14.7. The van der Waals surface area contributed by atoms with Crippen molar-refractivity contribution in [3.63, 3.8) is 0 Å². The summed E-state index contributed by atoms with van der Waals surface area (Å²) in [6.07, 6.45) is 3.47. The van der Waals surface area contributed by atoms with Crippen molar-refractivity contribution in [1.82, 2.24) is 4.98 Å². The van der Waals surface area contributed by atoms with Gasteiger partial charge in [0.15, 0.2) is 0 Å². The number of piperazine rings is 1. The Morgan fingerprint density at radius 2 is 1.67 bits per heavy atom. The Morgan fingerprint density at radius 1 is 1.00 bits per heavy atom. The summed E-state index contributed by atoms with van der Waals surface area (Å²) in [5, 5.41) is 8.84. The maximum Gasteiger partial charge on any atom is 0.0991 e. The van der Waals surface area contributed by atoms with Crippen LogP contribution in [0.1, 0.15) is 5.56 Å². The molecule has 106 valence electrons. The molecule has 0 unspecified atom stereocenters. The lowest BCUT2D eigenvalue weighted by atomic mass is 10.2. The molecule has 0 spiro atoms.